The van der Waals surface area contributed by atoms with Crippen LogP contribution in [0.1, 0.15) is 12.8 Å². The van der Waals surface area contributed by atoms with Crippen LogP contribution in [0, 0.1) is 11.8 Å². The zero-order chi connectivity index (χ0) is 16.3. The Hall–Kier alpha value is -1.92. The second kappa shape index (κ2) is 5.29. The second-order valence-electron chi connectivity index (χ2n) is 6.97. The lowest BCUT2D eigenvalue weighted by atomic mass is 9.81. The highest BCUT2D eigenvalue weighted by Crippen LogP contribution is 2.49. The Bertz CT molecular complexity index is 655. The van der Waals surface area contributed by atoms with Crippen molar-refractivity contribution < 1.29 is 19.1 Å². The van der Waals surface area contributed by atoms with Crippen molar-refractivity contribution in [3.8, 4) is 0 Å². The molecule has 4 heterocycles. The van der Waals surface area contributed by atoms with Crippen LogP contribution in [-0.2, 0) is 19.1 Å². The number of benzene rings is 1. The highest BCUT2D eigenvalue weighted by atomic mass is 16.5. The maximum Gasteiger partial charge on any atom is 0.240 e. The van der Waals surface area contributed by atoms with E-state index in [2.05, 4.69) is 4.90 Å². The summed E-state index contributed by atoms with van der Waals surface area (Å²) in [5, 5.41) is 0. The highest BCUT2D eigenvalue weighted by molar-refractivity contribution is 6.22. The van der Waals surface area contributed by atoms with Gasteiger partial charge in [0.2, 0.25) is 11.8 Å². The Kier molecular flexibility index (Phi) is 3.18. The van der Waals surface area contributed by atoms with Gasteiger partial charge in [-0.3, -0.25) is 9.59 Å². The van der Waals surface area contributed by atoms with E-state index in [-0.39, 0.29) is 35.9 Å². The third kappa shape index (κ3) is 1.96. The number of fused-ring (bicyclic) bond motifs is 5. The highest BCUT2D eigenvalue weighted by Gasteiger charge is 2.62. The van der Waals surface area contributed by atoms with E-state index in [1.54, 1.807) is 0 Å². The number of imide groups is 1. The fourth-order valence-corrected chi connectivity index (χ4v) is 4.60. The predicted molar refractivity (Wildman–Crippen MR) is 86.8 cm³/mol. The molecule has 2 bridgehead atoms. The Morgan fingerprint density at radius 2 is 1.38 bits per heavy atom. The fourth-order valence-electron chi connectivity index (χ4n) is 4.60. The SMILES string of the molecule is O=C1[C@@H]2[C@H](C(=O)N1c1ccc(N3CCOCC3)cc1)[C@H]1CC[C@H]2O1. The summed E-state index contributed by atoms with van der Waals surface area (Å²) < 4.78 is 11.1. The third-order valence-electron chi connectivity index (χ3n) is 5.77. The van der Waals surface area contributed by atoms with Crippen molar-refractivity contribution in [2.45, 2.75) is 25.0 Å². The molecule has 0 spiro atoms. The normalized spacial score (nSPS) is 35.0. The summed E-state index contributed by atoms with van der Waals surface area (Å²) in [6, 6.07) is 7.73. The standard InChI is InChI=1S/C18H20N2O4/c21-17-15-13-5-6-14(24-13)16(15)18(22)20(17)12-3-1-11(2-4-12)19-7-9-23-10-8-19/h1-4,13-16H,5-10H2/t13-,14-,15-,16+/m1/s1. The predicted octanol–water partition coefficient (Wildman–Crippen LogP) is 1.19. The maximum absolute atomic E-state index is 12.8. The molecule has 4 fully saturated rings. The maximum atomic E-state index is 12.8. The number of hydrogen-bond donors (Lipinski definition) is 0. The Labute approximate surface area is 140 Å². The molecule has 6 nitrogen and oxygen atoms in total. The minimum Gasteiger partial charge on any atom is -0.378 e. The van der Waals surface area contributed by atoms with Gasteiger partial charge in [0.1, 0.15) is 0 Å². The van der Waals surface area contributed by atoms with Gasteiger partial charge in [-0.2, -0.15) is 0 Å². The van der Waals surface area contributed by atoms with E-state index in [0.717, 1.165) is 44.8 Å². The number of carbonyl (C=O) groups excluding carboxylic acids is 2. The van der Waals surface area contributed by atoms with Crippen LogP contribution in [0.5, 0.6) is 0 Å². The van der Waals surface area contributed by atoms with E-state index < -0.39 is 0 Å². The first-order valence-corrected chi connectivity index (χ1v) is 8.70. The largest absolute Gasteiger partial charge is 0.378 e. The minimum atomic E-state index is -0.268. The average Bonchev–Trinajstić information content (AvgIpc) is 3.30. The first-order chi connectivity index (χ1) is 11.7. The number of nitrogens with zero attached hydrogens (tertiary/aromatic N) is 2. The molecule has 4 saturated heterocycles. The molecule has 6 heteroatoms. The lowest BCUT2D eigenvalue weighted by Gasteiger charge is -2.29. The smallest absolute Gasteiger partial charge is 0.240 e. The summed E-state index contributed by atoms with van der Waals surface area (Å²) in [5.74, 6) is -0.710. The van der Waals surface area contributed by atoms with Crippen molar-refractivity contribution in [2.24, 2.45) is 11.8 Å². The summed E-state index contributed by atoms with van der Waals surface area (Å²) in [6.07, 6.45) is 1.67. The molecule has 4 aliphatic heterocycles. The number of hydrogen-bond acceptors (Lipinski definition) is 5. The van der Waals surface area contributed by atoms with Gasteiger partial charge in [0, 0.05) is 18.8 Å². The van der Waals surface area contributed by atoms with E-state index in [1.165, 1.54) is 4.90 Å². The van der Waals surface area contributed by atoms with Crippen LogP contribution in [0.25, 0.3) is 0 Å². The van der Waals surface area contributed by atoms with Crippen LogP contribution < -0.4 is 9.80 Å². The third-order valence-corrected chi connectivity index (χ3v) is 5.77. The zero-order valence-electron chi connectivity index (χ0n) is 13.4. The van der Waals surface area contributed by atoms with Gasteiger partial charge in [-0.05, 0) is 37.1 Å². The molecular weight excluding hydrogens is 308 g/mol. The van der Waals surface area contributed by atoms with Crippen molar-refractivity contribution in [3.63, 3.8) is 0 Å². The minimum absolute atomic E-state index is 0.0610. The fraction of sp³-hybridized carbons (Fsp3) is 0.556. The van der Waals surface area contributed by atoms with Gasteiger partial charge in [-0.25, -0.2) is 4.90 Å². The molecule has 4 aliphatic rings. The summed E-state index contributed by atoms with van der Waals surface area (Å²) in [5.41, 5.74) is 1.78. The zero-order valence-corrected chi connectivity index (χ0v) is 13.4. The molecule has 5 rings (SSSR count). The molecule has 1 aromatic carbocycles. The number of ether oxygens (including phenoxy) is 2. The van der Waals surface area contributed by atoms with Crippen LogP contribution in [-0.4, -0.2) is 50.3 Å². The van der Waals surface area contributed by atoms with E-state index in [4.69, 9.17) is 9.47 Å². The first-order valence-electron chi connectivity index (χ1n) is 8.70. The van der Waals surface area contributed by atoms with Gasteiger partial charge in [-0.15, -0.1) is 0 Å². The second-order valence-corrected chi connectivity index (χ2v) is 6.97. The monoisotopic (exact) mass is 328 g/mol. The number of rotatable bonds is 2. The number of morpholine rings is 1. The Morgan fingerprint density at radius 3 is 1.96 bits per heavy atom. The van der Waals surface area contributed by atoms with E-state index >= 15 is 0 Å². The summed E-state index contributed by atoms with van der Waals surface area (Å²) in [6.45, 7) is 3.20. The Morgan fingerprint density at radius 1 is 0.833 bits per heavy atom. The first kappa shape index (κ1) is 14.4. The molecule has 1 aromatic rings. The van der Waals surface area contributed by atoms with E-state index in [0.29, 0.717) is 5.69 Å². The quantitative estimate of drug-likeness (QED) is 0.763. The molecular formula is C18H20N2O4. The number of carbonyl (C=O) groups is 2. The molecule has 0 saturated carbocycles. The Balaban J connectivity index is 1.40. The van der Waals surface area contributed by atoms with Gasteiger partial charge in [0.15, 0.2) is 0 Å². The molecule has 0 unspecified atom stereocenters. The van der Waals surface area contributed by atoms with Gasteiger partial charge < -0.3 is 14.4 Å². The van der Waals surface area contributed by atoms with Crippen LogP contribution in [0.4, 0.5) is 11.4 Å². The van der Waals surface area contributed by atoms with Crippen molar-refractivity contribution >= 4 is 23.2 Å². The molecule has 24 heavy (non-hydrogen) atoms. The van der Waals surface area contributed by atoms with Crippen LogP contribution in [0.3, 0.4) is 0 Å². The van der Waals surface area contributed by atoms with Crippen molar-refractivity contribution in [1.82, 2.24) is 0 Å². The van der Waals surface area contributed by atoms with Crippen molar-refractivity contribution in [2.75, 3.05) is 36.1 Å². The average molecular weight is 328 g/mol. The lowest BCUT2D eigenvalue weighted by molar-refractivity contribution is -0.124. The van der Waals surface area contributed by atoms with Gasteiger partial charge in [0.25, 0.3) is 0 Å². The lowest BCUT2D eigenvalue weighted by Crippen LogP contribution is -2.36. The molecule has 126 valence electrons. The number of anilines is 2. The molecule has 4 atom stereocenters. The summed E-state index contributed by atoms with van der Waals surface area (Å²) >= 11 is 0. The van der Waals surface area contributed by atoms with Crippen LogP contribution in [0.15, 0.2) is 24.3 Å². The number of amides is 2. The van der Waals surface area contributed by atoms with Gasteiger partial charge in [0.05, 0.1) is 42.9 Å². The van der Waals surface area contributed by atoms with Gasteiger partial charge in [-0.1, -0.05) is 0 Å². The van der Waals surface area contributed by atoms with Crippen molar-refractivity contribution in [3.05, 3.63) is 24.3 Å². The van der Waals surface area contributed by atoms with Crippen LogP contribution in [0.2, 0.25) is 0 Å². The van der Waals surface area contributed by atoms with Crippen LogP contribution >= 0.6 is 0 Å². The van der Waals surface area contributed by atoms with Gasteiger partial charge >= 0.3 is 0 Å². The van der Waals surface area contributed by atoms with E-state index in [9.17, 15) is 9.59 Å². The molecule has 0 radical (unpaired) electrons. The summed E-state index contributed by atoms with van der Waals surface area (Å²) in [4.78, 5) is 29.2. The topological polar surface area (TPSA) is 59.1 Å². The molecule has 0 N–H and O–H groups in total. The van der Waals surface area contributed by atoms with Crippen molar-refractivity contribution in [1.29, 1.82) is 0 Å². The molecule has 0 aromatic heterocycles. The molecule has 2 amide bonds. The van der Waals surface area contributed by atoms with E-state index in [1.807, 2.05) is 24.3 Å². The summed E-state index contributed by atoms with van der Waals surface area (Å²) in [7, 11) is 0. The molecule has 0 aliphatic carbocycles.